The predicted octanol–water partition coefficient (Wildman–Crippen LogP) is 2.14. The van der Waals surface area contributed by atoms with Crippen molar-refractivity contribution in [3.63, 3.8) is 0 Å². The van der Waals surface area contributed by atoms with Gasteiger partial charge in [0.1, 0.15) is 0 Å². The molecule has 0 spiro atoms. The predicted molar refractivity (Wildman–Crippen MR) is 89.3 cm³/mol. The molecule has 1 saturated heterocycles. The first-order valence-corrected chi connectivity index (χ1v) is 8.35. The summed E-state index contributed by atoms with van der Waals surface area (Å²) in [6.07, 6.45) is 14.4. The zero-order valence-electron chi connectivity index (χ0n) is 13.4. The second-order valence-corrected chi connectivity index (χ2v) is 5.47. The molecule has 0 radical (unpaired) electrons. The smallest absolute Gasteiger partial charge is 0.221 e. The SMILES string of the molecule is CCC=CCC=C[C@@H]1CC(=O)NCCCCNCCCN1. The van der Waals surface area contributed by atoms with Crippen LogP contribution in [0.2, 0.25) is 0 Å². The van der Waals surface area contributed by atoms with Crippen LogP contribution in [0.3, 0.4) is 0 Å². The summed E-state index contributed by atoms with van der Waals surface area (Å²) in [6.45, 7) is 5.96. The van der Waals surface area contributed by atoms with Gasteiger partial charge in [0.2, 0.25) is 5.91 Å². The molecule has 1 amide bonds. The van der Waals surface area contributed by atoms with Gasteiger partial charge in [0.05, 0.1) is 0 Å². The molecular formula is C17H31N3O. The Morgan fingerprint density at radius 1 is 1.05 bits per heavy atom. The summed E-state index contributed by atoms with van der Waals surface area (Å²) >= 11 is 0. The van der Waals surface area contributed by atoms with Gasteiger partial charge in [-0.15, -0.1) is 0 Å². The molecule has 0 unspecified atom stereocenters. The Bertz CT molecular complexity index is 326. The van der Waals surface area contributed by atoms with Crippen molar-refractivity contribution in [3.8, 4) is 0 Å². The van der Waals surface area contributed by atoms with Crippen LogP contribution < -0.4 is 16.0 Å². The first kappa shape index (κ1) is 17.9. The summed E-state index contributed by atoms with van der Waals surface area (Å²) in [6, 6.07) is 0.140. The molecule has 1 fully saturated rings. The molecule has 0 aromatic carbocycles. The van der Waals surface area contributed by atoms with E-state index in [1.165, 1.54) is 0 Å². The number of carbonyl (C=O) groups excluding carboxylic acids is 1. The van der Waals surface area contributed by atoms with E-state index in [-0.39, 0.29) is 11.9 Å². The van der Waals surface area contributed by atoms with E-state index in [1.807, 2.05) is 0 Å². The van der Waals surface area contributed by atoms with Crippen molar-refractivity contribution in [2.45, 2.75) is 51.5 Å². The lowest BCUT2D eigenvalue weighted by Gasteiger charge is -2.14. The van der Waals surface area contributed by atoms with Gasteiger partial charge >= 0.3 is 0 Å². The van der Waals surface area contributed by atoms with Gasteiger partial charge in [0.15, 0.2) is 0 Å². The van der Waals surface area contributed by atoms with Crippen molar-refractivity contribution in [2.75, 3.05) is 26.2 Å². The van der Waals surface area contributed by atoms with Gasteiger partial charge in [0, 0.05) is 19.0 Å². The van der Waals surface area contributed by atoms with Crippen molar-refractivity contribution in [1.29, 1.82) is 0 Å². The minimum atomic E-state index is 0.140. The number of nitrogens with one attached hydrogen (secondary N) is 3. The van der Waals surface area contributed by atoms with E-state index >= 15 is 0 Å². The van der Waals surface area contributed by atoms with Crippen LogP contribution in [0.25, 0.3) is 0 Å². The summed E-state index contributed by atoms with van der Waals surface area (Å²) < 4.78 is 0. The fourth-order valence-corrected chi connectivity index (χ4v) is 2.29. The van der Waals surface area contributed by atoms with E-state index in [0.29, 0.717) is 6.42 Å². The van der Waals surface area contributed by atoms with Gasteiger partial charge in [-0.3, -0.25) is 4.79 Å². The first-order valence-electron chi connectivity index (χ1n) is 8.35. The lowest BCUT2D eigenvalue weighted by molar-refractivity contribution is -0.121. The minimum absolute atomic E-state index is 0.140. The summed E-state index contributed by atoms with van der Waals surface area (Å²) in [5, 5.41) is 9.91. The Labute approximate surface area is 129 Å². The quantitative estimate of drug-likeness (QED) is 0.696. The molecular weight excluding hydrogens is 262 g/mol. The fourth-order valence-electron chi connectivity index (χ4n) is 2.29. The average Bonchev–Trinajstić information content (AvgIpc) is 2.49. The largest absolute Gasteiger partial charge is 0.356 e. The van der Waals surface area contributed by atoms with Gasteiger partial charge < -0.3 is 16.0 Å². The van der Waals surface area contributed by atoms with E-state index in [0.717, 1.165) is 58.3 Å². The molecule has 120 valence electrons. The number of rotatable bonds is 4. The summed E-state index contributed by atoms with van der Waals surface area (Å²) in [5.74, 6) is 0.147. The second kappa shape index (κ2) is 12.6. The Balaban J connectivity index is 2.42. The molecule has 1 heterocycles. The van der Waals surface area contributed by atoms with Crippen LogP contribution in [0.5, 0.6) is 0 Å². The highest BCUT2D eigenvalue weighted by molar-refractivity contribution is 5.76. The first-order chi connectivity index (χ1) is 10.3. The molecule has 3 N–H and O–H groups in total. The van der Waals surface area contributed by atoms with Crippen LogP contribution >= 0.6 is 0 Å². The highest BCUT2D eigenvalue weighted by Gasteiger charge is 2.10. The number of amides is 1. The third-order valence-electron chi connectivity index (χ3n) is 3.49. The molecule has 1 aliphatic heterocycles. The third-order valence-corrected chi connectivity index (χ3v) is 3.49. The van der Waals surface area contributed by atoms with E-state index in [1.54, 1.807) is 0 Å². The summed E-state index contributed by atoms with van der Waals surface area (Å²) in [5.41, 5.74) is 0. The molecule has 0 aromatic heterocycles. The van der Waals surface area contributed by atoms with Crippen LogP contribution in [0, 0.1) is 0 Å². The maximum atomic E-state index is 11.9. The third kappa shape index (κ3) is 10.3. The number of hydrogen-bond acceptors (Lipinski definition) is 3. The molecule has 4 heteroatoms. The van der Waals surface area contributed by atoms with Crippen molar-refractivity contribution in [3.05, 3.63) is 24.3 Å². The standard InChI is InChI=1S/C17H31N3O/c1-2-3-4-5-6-10-16-15-17(21)20-13-8-7-11-18-12-9-14-19-16/h3-4,6,10,16,18-19H,2,5,7-9,11-15H2,1H3,(H,20,21)/t16-/m1/s1. The van der Waals surface area contributed by atoms with Crippen LogP contribution in [0.1, 0.15) is 45.4 Å². The van der Waals surface area contributed by atoms with Gasteiger partial charge in [-0.1, -0.05) is 31.2 Å². The highest BCUT2D eigenvalue weighted by atomic mass is 16.1. The van der Waals surface area contributed by atoms with Crippen molar-refractivity contribution in [1.82, 2.24) is 16.0 Å². The average molecular weight is 293 g/mol. The summed E-state index contributed by atoms with van der Waals surface area (Å²) in [4.78, 5) is 11.9. The van der Waals surface area contributed by atoms with Crippen LogP contribution in [0.4, 0.5) is 0 Å². The molecule has 1 atom stereocenters. The van der Waals surface area contributed by atoms with E-state index in [2.05, 4.69) is 47.2 Å². The Kier molecular flexibility index (Phi) is 10.8. The highest BCUT2D eigenvalue weighted by Crippen LogP contribution is 1.99. The number of allylic oxidation sites excluding steroid dienone is 3. The Morgan fingerprint density at radius 2 is 1.86 bits per heavy atom. The lowest BCUT2D eigenvalue weighted by Crippen LogP contribution is -2.35. The van der Waals surface area contributed by atoms with E-state index in [4.69, 9.17) is 0 Å². The van der Waals surface area contributed by atoms with Crippen molar-refractivity contribution < 1.29 is 4.79 Å². The number of hydrogen-bond donors (Lipinski definition) is 3. The Hall–Kier alpha value is -1.13. The topological polar surface area (TPSA) is 53.2 Å². The van der Waals surface area contributed by atoms with Crippen LogP contribution in [-0.2, 0) is 4.79 Å². The van der Waals surface area contributed by atoms with Gasteiger partial charge in [-0.2, -0.15) is 0 Å². The maximum absolute atomic E-state index is 11.9. The van der Waals surface area contributed by atoms with Gasteiger partial charge in [0.25, 0.3) is 0 Å². The zero-order chi connectivity index (χ0) is 15.2. The molecule has 4 nitrogen and oxygen atoms in total. The zero-order valence-corrected chi connectivity index (χ0v) is 13.4. The maximum Gasteiger partial charge on any atom is 0.221 e. The molecule has 0 saturated carbocycles. The monoisotopic (exact) mass is 293 g/mol. The van der Waals surface area contributed by atoms with E-state index < -0.39 is 0 Å². The second-order valence-electron chi connectivity index (χ2n) is 5.47. The summed E-state index contributed by atoms with van der Waals surface area (Å²) in [7, 11) is 0. The van der Waals surface area contributed by atoms with E-state index in [9.17, 15) is 4.79 Å². The number of carbonyl (C=O) groups is 1. The normalized spacial score (nSPS) is 23.5. The molecule has 1 aliphatic rings. The molecule has 21 heavy (non-hydrogen) atoms. The molecule has 0 aromatic rings. The molecule has 0 aliphatic carbocycles. The fraction of sp³-hybridized carbons (Fsp3) is 0.706. The van der Waals surface area contributed by atoms with Crippen LogP contribution in [0.15, 0.2) is 24.3 Å². The lowest BCUT2D eigenvalue weighted by atomic mass is 10.1. The van der Waals surface area contributed by atoms with Gasteiger partial charge in [-0.05, 0) is 51.7 Å². The van der Waals surface area contributed by atoms with Gasteiger partial charge in [-0.25, -0.2) is 0 Å². The molecule has 1 rings (SSSR count). The van der Waals surface area contributed by atoms with Crippen LogP contribution in [-0.4, -0.2) is 38.1 Å². The van der Waals surface area contributed by atoms with Crippen molar-refractivity contribution >= 4 is 5.91 Å². The van der Waals surface area contributed by atoms with Crippen molar-refractivity contribution in [2.24, 2.45) is 0 Å². The molecule has 0 bridgehead atoms. The Morgan fingerprint density at radius 3 is 2.71 bits per heavy atom. The minimum Gasteiger partial charge on any atom is -0.356 e.